The summed E-state index contributed by atoms with van der Waals surface area (Å²) in [4.78, 5) is 60.2. The van der Waals surface area contributed by atoms with Gasteiger partial charge in [-0.2, -0.15) is 13.2 Å². The minimum atomic E-state index is -4.60. The fourth-order valence-electron chi connectivity index (χ4n) is 8.39. The quantitative estimate of drug-likeness (QED) is 0.206. The van der Waals surface area contributed by atoms with Gasteiger partial charge in [0.05, 0.1) is 43.5 Å². The summed E-state index contributed by atoms with van der Waals surface area (Å²) < 4.78 is 99.4. The third kappa shape index (κ3) is 10.6. The number of alkyl halides is 3. The number of morpholine rings is 1. The second kappa shape index (κ2) is 18.5. The van der Waals surface area contributed by atoms with Crippen LogP contribution in [0.2, 0.25) is 0 Å². The van der Waals surface area contributed by atoms with Gasteiger partial charge in [0, 0.05) is 46.9 Å². The van der Waals surface area contributed by atoms with Gasteiger partial charge in [0.2, 0.25) is 33.3 Å². The molecule has 21 heteroatoms. The van der Waals surface area contributed by atoms with Gasteiger partial charge in [-0.3, -0.25) is 19.1 Å². The van der Waals surface area contributed by atoms with E-state index in [0.717, 1.165) is 38.8 Å². The van der Waals surface area contributed by atoms with Crippen molar-refractivity contribution >= 4 is 50.3 Å². The molecule has 0 bridgehead atoms. The maximum absolute atomic E-state index is 15.2. The molecule has 7 rings (SSSR count). The second-order valence-corrected chi connectivity index (χ2v) is 20.6. The van der Waals surface area contributed by atoms with Crippen LogP contribution >= 0.6 is 0 Å². The summed E-state index contributed by atoms with van der Waals surface area (Å²) in [5.74, 6) is -1.89. The van der Waals surface area contributed by atoms with Crippen LogP contribution in [-0.2, 0) is 33.9 Å². The fourth-order valence-corrected chi connectivity index (χ4v) is 9.70. The molecule has 0 spiro atoms. The average Bonchev–Trinajstić information content (AvgIpc) is 4.09. The number of nitrogens with zero attached hydrogens (tertiary/aromatic N) is 3. The molecule has 3 aliphatic heterocycles. The molecule has 2 aromatic rings. The van der Waals surface area contributed by atoms with Crippen molar-refractivity contribution in [3.05, 3.63) is 36.3 Å². The number of allylic oxidation sites excluding steroid dienone is 1. The van der Waals surface area contributed by atoms with Gasteiger partial charge < -0.3 is 39.8 Å². The molecular weight excluding hydrogens is 869 g/mol. The standard InChI is InChI=1S/C38H50FN5O8S.C5H8F3NO2.3H2/c1-23-7-5-6-8-25-20-38(25,36(47)42-53(48,49)37(3)9-10-37)41-34(46)30-17-26(22-44(30)33(45)16-24(2)15-23)52-35-28-18-29(39)32(50-4)19-27(28)31(21-40-35)43-11-13-51-14-12-43;1-4(2,5(6,7)8)11-3(9)10;;;/h6,8,18-19,21,23-26,30H,5,7,9-17,20,22H2,1-4H3,(H,41,46)(H,42,47);1-2H3,(H2,9,10);3*1H/b8-6-;;;;/t23-,24-,25-,26-,30+,38-;;;;/m1..../s1. The predicted molar refractivity (Wildman–Crippen MR) is 233 cm³/mol. The van der Waals surface area contributed by atoms with Gasteiger partial charge in [-0.25, -0.2) is 22.6 Å². The van der Waals surface area contributed by atoms with Crippen molar-refractivity contribution in [1.29, 1.82) is 0 Å². The smallest absolute Gasteiger partial charge is 0.427 e. The molecule has 360 valence electrons. The first-order chi connectivity index (χ1) is 29.9. The number of nitrogens with two attached hydrogens (primary N) is 1. The van der Waals surface area contributed by atoms with E-state index in [1.54, 1.807) is 19.2 Å². The molecule has 1 aromatic carbocycles. The van der Waals surface area contributed by atoms with E-state index in [1.807, 2.05) is 19.1 Å². The zero-order valence-electron chi connectivity index (χ0n) is 36.9. The van der Waals surface area contributed by atoms with E-state index >= 15 is 4.39 Å². The lowest BCUT2D eigenvalue weighted by molar-refractivity contribution is -0.243. The molecule has 4 amide bonds. The van der Waals surface area contributed by atoms with Gasteiger partial charge in [-0.05, 0) is 83.3 Å². The van der Waals surface area contributed by atoms with E-state index in [-0.39, 0.29) is 53.5 Å². The van der Waals surface area contributed by atoms with Gasteiger partial charge in [0.25, 0.3) is 5.91 Å². The zero-order chi connectivity index (χ0) is 47.0. The molecule has 2 saturated carbocycles. The maximum Gasteiger partial charge on any atom is 0.427 e. The van der Waals surface area contributed by atoms with Crippen LogP contribution in [0.15, 0.2) is 30.5 Å². The number of rotatable bonds is 8. The average molecular weight is 933 g/mol. The molecule has 64 heavy (non-hydrogen) atoms. The highest BCUT2D eigenvalue weighted by Gasteiger charge is 2.63. The Kier molecular flexibility index (Phi) is 14.0. The first kappa shape index (κ1) is 48.5. The number of ether oxygens (including phenoxy) is 4. The lowest BCUT2D eigenvalue weighted by atomic mass is 9.91. The van der Waals surface area contributed by atoms with E-state index in [2.05, 4.69) is 37.3 Å². The number of carbonyl (C=O) groups is 4. The molecule has 16 nitrogen and oxygen atoms in total. The minimum absolute atomic E-state index is 0. The number of fused-ring (bicyclic) bond motifs is 3. The van der Waals surface area contributed by atoms with E-state index in [0.29, 0.717) is 55.8 Å². The molecule has 4 fully saturated rings. The van der Waals surface area contributed by atoms with Crippen LogP contribution in [-0.4, -0.2) is 116 Å². The number of sulfonamides is 1. The number of anilines is 1. The third-order valence-corrected chi connectivity index (χ3v) is 14.9. The monoisotopic (exact) mass is 932 g/mol. The number of halogens is 4. The number of amides is 4. The Morgan fingerprint density at radius 2 is 1.77 bits per heavy atom. The van der Waals surface area contributed by atoms with Crippen LogP contribution in [0.3, 0.4) is 0 Å². The van der Waals surface area contributed by atoms with Crippen LogP contribution in [0.4, 0.5) is 28.0 Å². The van der Waals surface area contributed by atoms with Crippen LogP contribution in [0, 0.1) is 23.6 Å². The first-order valence-electron chi connectivity index (χ1n) is 21.5. The summed E-state index contributed by atoms with van der Waals surface area (Å²) in [6.45, 7) is 9.64. The molecule has 0 radical (unpaired) electrons. The lowest BCUT2D eigenvalue weighted by Gasteiger charge is -2.30. The molecule has 4 heterocycles. The topological polar surface area (TPSA) is 209 Å². The summed E-state index contributed by atoms with van der Waals surface area (Å²) in [7, 11) is -2.56. The van der Waals surface area contributed by atoms with Crippen molar-refractivity contribution in [3.63, 3.8) is 0 Å². The van der Waals surface area contributed by atoms with Crippen LogP contribution in [0.5, 0.6) is 11.6 Å². The van der Waals surface area contributed by atoms with Gasteiger partial charge in [0.1, 0.15) is 17.7 Å². The van der Waals surface area contributed by atoms with Crippen molar-refractivity contribution in [2.75, 3.05) is 44.9 Å². The Morgan fingerprint density at radius 3 is 2.38 bits per heavy atom. The van der Waals surface area contributed by atoms with E-state index in [9.17, 15) is 40.8 Å². The fraction of sp³-hybridized carbons (Fsp3) is 0.651. The molecule has 5 aliphatic rings. The van der Waals surface area contributed by atoms with Gasteiger partial charge in [0.15, 0.2) is 11.6 Å². The number of hydrogen-bond acceptors (Lipinski definition) is 12. The molecule has 4 N–H and O–H groups in total. The molecule has 6 atom stereocenters. The van der Waals surface area contributed by atoms with Crippen molar-refractivity contribution in [3.8, 4) is 11.6 Å². The van der Waals surface area contributed by atoms with Crippen LogP contribution in [0.1, 0.15) is 90.3 Å². The van der Waals surface area contributed by atoms with Gasteiger partial charge in [-0.1, -0.05) is 26.0 Å². The Labute approximate surface area is 374 Å². The van der Waals surface area contributed by atoms with Crippen LogP contribution < -0.4 is 30.1 Å². The Hall–Kier alpha value is -4.92. The molecule has 2 aliphatic carbocycles. The third-order valence-electron chi connectivity index (χ3n) is 12.8. The highest BCUT2D eigenvalue weighted by Crippen LogP contribution is 2.48. The SMILES string of the molecule is CC(C)(OC(N)=O)C(F)(F)F.COc1cc2c(N3CCOCC3)cnc(O[C@@H]3C[C@H]4C(=O)N[C@]5(C(=O)NS(=O)(=O)C6(C)CC6)C[C@H]5/C=C\CC[C@@H](C)C[C@@H](C)CC(=O)N4C3)c2cc1F.[HH].[HH].[HH]. The maximum atomic E-state index is 15.2. The molecule has 2 saturated heterocycles. The zero-order valence-corrected chi connectivity index (χ0v) is 37.7. The number of benzene rings is 1. The molecule has 1 aromatic heterocycles. The number of aromatic nitrogens is 1. The Bertz CT molecular complexity index is 2270. The van der Waals surface area contributed by atoms with Gasteiger partial charge in [-0.15, -0.1) is 0 Å². The Balaban J connectivity index is 0.000000758. The second-order valence-electron chi connectivity index (χ2n) is 18.4. The van der Waals surface area contributed by atoms with E-state index in [1.165, 1.54) is 18.1 Å². The van der Waals surface area contributed by atoms with E-state index < -0.39 is 73.9 Å². The lowest BCUT2D eigenvalue weighted by Crippen LogP contribution is -2.57. The number of methoxy groups -OCH3 is 1. The molecule has 0 unspecified atom stereocenters. The summed E-state index contributed by atoms with van der Waals surface area (Å²) in [5.41, 5.74) is 1.21. The van der Waals surface area contributed by atoms with Crippen molar-refractivity contribution in [2.45, 2.75) is 120 Å². The first-order valence-corrected chi connectivity index (χ1v) is 22.9. The van der Waals surface area contributed by atoms with E-state index in [4.69, 9.17) is 14.2 Å². The number of primary amides is 1. The highest BCUT2D eigenvalue weighted by atomic mass is 32.2. The van der Waals surface area contributed by atoms with Crippen molar-refractivity contribution in [2.24, 2.45) is 23.5 Å². The predicted octanol–water partition coefficient (Wildman–Crippen LogP) is 6.00. The van der Waals surface area contributed by atoms with Crippen LogP contribution in [0.25, 0.3) is 10.8 Å². The van der Waals surface area contributed by atoms with Crippen molar-refractivity contribution in [1.82, 2.24) is 19.9 Å². The Morgan fingerprint density at radius 1 is 1.08 bits per heavy atom. The summed E-state index contributed by atoms with van der Waals surface area (Å²) >= 11 is 0. The summed E-state index contributed by atoms with van der Waals surface area (Å²) in [6.07, 6.45) is 2.80. The van der Waals surface area contributed by atoms with Gasteiger partial charge >= 0.3 is 12.3 Å². The highest BCUT2D eigenvalue weighted by molar-refractivity contribution is 7.91. The van der Waals surface area contributed by atoms with Crippen molar-refractivity contribution < 1.29 is 68.4 Å². The molecular formula is C43H64F4N6O10S. The normalized spacial score (nSPS) is 27.9. The number of carbonyl (C=O) groups excluding carboxylic acids is 4. The number of pyridine rings is 1. The summed E-state index contributed by atoms with van der Waals surface area (Å²) in [5, 5.41) is 4.01. The largest absolute Gasteiger partial charge is 0.494 e. The summed E-state index contributed by atoms with van der Waals surface area (Å²) in [6, 6.07) is 1.95. The minimum Gasteiger partial charge on any atom is -0.494 e. The number of nitrogens with one attached hydrogen (secondary N) is 2. The number of hydrogen-bond donors (Lipinski definition) is 3.